The molecule has 2 aromatic rings. The van der Waals surface area contributed by atoms with E-state index in [0.29, 0.717) is 32.5 Å². The Kier molecular flexibility index (Phi) is 5.33. The molecule has 0 saturated carbocycles. The van der Waals surface area contributed by atoms with E-state index in [1.54, 1.807) is 0 Å². The van der Waals surface area contributed by atoms with E-state index in [2.05, 4.69) is 47.8 Å². The summed E-state index contributed by atoms with van der Waals surface area (Å²) in [5, 5.41) is 4.94. The van der Waals surface area contributed by atoms with Crippen molar-refractivity contribution in [2.45, 2.75) is 31.7 Å². The lowest BCUT2D eigenvalue weighted by molar-refractivity contribution is 0.103. The van der Waals surface area contributed by atoms with Gasteiger partial charge >= 0.3 is 0 Å². The summed E-state index contributed by atoms with van der Waals surface area (Å²) < 4.78 is 13.6. The predicted octanol–water partition coefficient (Wildman–Crippen LogP) is 2.65. The average Bonchev–Trinajstić information content (AvgIpc) is 2.91. The van der Waals surface area contributed by atoms with Gasteiger partial charge in [0.1, 0.15) is 5.82 Å². The third kappa shape index (κ3) is 3.82. The van der Waals surface area contributed by atoms with Crippen LogP contribution in [-0.4, -0.2) is 66.2 Å². The van der Waals surface area contributed by atoms with Crippen LogP contribution < -0.4 is 0 Å². The van der Waals surface area contributed by atoms with Crippen LogP contribution in [0.2, 0.25) is 0 Å². The molecule has 0 bridgehead atoms. The first-order valence-electron chi connectivity index (χ1n) is 9.58. The SMILES string of the molecule is Cc1ccc(-c2nc(C3COCCOC3)n(C3CCN(C)CC3)n2)cc1. The Morgan fingerprint density at radius 2 is 1.65 bits per heavy atom. The highest BCUT2D eigenvalue weighted by molar-refractivity contribution is 5.55. The number of aromatic nitrogens is 3. The first-order chi connectivity index (χ1) is 12.7. The van der Waals surface area contributed by atoms with Crippen molar-refractivity contribution in [1.82, 2.24) is 19.7 Å². The zero-order chi connectivity index (χ0) is 17.9. The van der Waals surface area contributed by atoms with E-state index in [1.807, 2.05) is 0 Å². The Bertz CT molecular complexity index is 712. The van der Waals surface area contributed by atoms with Gasteiger partial charge in [-0.15, -0.1) is 0 Å². The van der Waals surface area contributed by atoms with E-state index >= 15 is 0 Å². The number of likely N-dealkylation sites (tertiary alicyclic amines) is 1. The molecule has 0 radical (unpaired) electrons. The van der Waals surface area contributed by atoms with Crippen LogP contribution in [0.15, 0.2) is 24.3 Å². The summed E-state index contributed by atoms with van der Waals surface area (Å²) in [4.78, 5) is 7.33. The number of ether oxygens (including phenoxy) is 2. The molecule has 0 spiro atoms. The van der Waals surface area contributed by atoms with Gasteiger partial charge in [-0.2, -0.15) is 5.10 Å². The van der Waals surface area contributed by atoms with Gasteiger partial charge in [-0.05, 0) is 39.9 Å². The summed E-state index contributed by atoms with van der Waals surface area (Å²) in [5.41, 5.74) is 2.31. The summed E-state index contributed by atoms with van der Waals surface area (Å²) in [6, 6.07) is 8.84. The average molecular weight is 356 g/mol. The predicted molar refractivity (Wildman–Crippen MR) is 100 cm³/mol. The largest absolute Gasteiger partial charge is 0.378 e. The van der Waals surface area contributed by atoms with Gasteiger partial charge in [-0.1, -0.05) is 29.8 Å². The van der Waals surface area contributed by atoms with Crippen LogP contribution in [0, 0.1) is 6.92 Å². The van der Waals surface area contributed by atoms with Crippen LogP contribution in [0.5, 0.6) is 0 Å². The van der Waals surface area contributed by atoms with E-state index in [-0.39, 0.29) is 5.92 Å². The Morgan fingerprint density at radius 1 is 1.00 bits per heavy atom. The van der Waals surface area contributed by atoms with Gasteiger partial charge in [0.15, 0.2) is 5.82 Å². The lowest BCUT2D eigenvalue weighted by atomic mass is 10.0. The Balaban J connectivity index is 1.68. The van der Waals surface area contributed by atoms with Crippen molar-refractivity contribution in [3.8, 4) is 11.4 Å². The maximum absolute atomic E-state index is 5.74. The second-order valence-electron chi connectivity index (χ2n) is 7.49. The molecule has 1 aromatic carbocycles. The summed E-state index contributed by atoms with van der Waals surface area (Å²) in [6.45, 7) is 6.91. The van der Waals surface area contributed by atoms with Gasteiger partial charge in [-0.3, -0.25) is 0 Å². The van der Waals surface area contributed by atoms with Crippen molar-refractivity contribution < 1.29 is 9.47 Å². The lowest BCUT2D eigenvalue weighted by Crippen LogP contribution is -2.33. The first kappa shape index (κ1) is 17.6. The second kappa shape index (κ2) is 7.86. The van der Waals surface area contributed by atoms with Crippen molar-refractivity contribution in [2.75, 3.05) is 46.6 Å². The second-order valence-corrected chi connectivity index (χ2v) is 7.49. The normalized spacial score (nSPS) is 21.0. The maximum Gasteiger partial charge on any atom is 0.181 e. The Morgan fingerprint density at radius 3 is 2.31 bits per heavy atom. The minimum absolute atomic E-state index is 0.142. The summed E-state index contributed by atoms with van der Waals surface area (Å²) in [6.07, 6.45) is 2.21. The van der Waals surface area contributed by atoms with Gasteiger partial charge < -0.3 is 14.4 Å². The van der Waals surface area contributed by atoms with Crippen molar-refractivity contribution >= 4 is 0 Å². The Labute approximate surface area is 155 Å². The fourth-order valence-electron chi connectivity index (χ4n) is 3.71. The fraction of sp³-hybridized carbons (Fsp3) is 0.600. The standard InChI is InChI=1S/C20H28N4O2/c1-15-3-5-16(6-4-15)19-21-20(17-13-25-11-12-26-14-17)24(22-19)18-7-9-23(2)10-8-18/h3-6,17-18H,7-14H2,1-2H3. The number of rotatable bonds is 3. The third-order valence-corrected chi connectivity index (χ3v) is 5.38. The van der Waals surface area contributed by atoms with E-state index < -0.39 is 0 Å². The molecule has 0 aliphatic carbocycles. The quantitative estimate of drug-likeness (QED) is 0.846. The van der Waals surface area contributed by atoms with Crippen molar-refractivity contribution in [3.63, 3.8) is 0 Å². The number of aryl methyl sites for hydroxylation is 1. The molecule has 2 aliphatic heterocycles. The van der Waals surface area contributed by atoms with E-state index in [0.717, 1.165) is 43.1 Å². The highest BCUT2D eigenvalue weighted by atomic mass is 16.5. The Hall–Kier alpha value is -1.76. The van der Waals surface area contributed by atoms with Gasteiger partial charge in [0.05, 0.1) is 38.4 Å². The molecule has 2 saturated heterocycles. The highest BCUT2D eigenvalue weighted by Gasteiger charge is 2.28. The van der Waals surface area contributed by atoms with Crippen molar-refractivity contribution in [2.24, 2.45) is 0 Å². The van der Waals surface area contributed by atoms with Crippen LogP contribution in [0.3, 0.4) is 0 Å². The number of hydrogen-bond donors (Lipinski definition) is 0. The maximum atomic E-state index is 5.74. The molecule has 6 heteroatoms. The number of nitrogens with zero attached hydrogens (tertiary/aromatic N) is 4. The lowest BCUT2D eigenvalue weighted by Gasteiger charge is -2.30. The molecule has 0 unspecified atom stereocenters. The molecule has 0 amide bonds. The van der Waals surface area contributed by atoms with Crippen LogP contribution >= 0.6 is 0 Å². The minimum Gasteiger partial charge on any atom is -0.378 e. The molecular weight excluding hydrogens is 328 g/mol. The minimum atomic E-state index is 0.142. The van der Waals surface area contributed by atoms with Gasteiger partial charge in [-0.25, -0.2) is 9.67 Å². The van der Waals surface area contributed by atoms with Gasteiger partial charge in [0.2, 0.25) is 0 Å². The van der Waals surface area contributed by atoms with E-state index in [1.165, 1.54) is 5.56 Å². The van der Waals surface area contributed by atoms with Crippen LogP contribution in [-0.2, 0) is 9.47 Å². The van der Waals surface area contributed by atoms with Crippen molar-refractivity contribution in [3.05, 3.63) is 35.7 Å². The molecule has 0 N–H and O–H groups in total. The molecule has 140 valence electrons. The van der Waals surface area contributed by atoms with Crippen LogP contribution in [0.1, 0.15) is 36.2 Å². The molecule has 1 aromatic heterocycles. The van der Waals surface area contributed by atoms with Gasteiger partial charge in [0, 0.05) is 5.56 Å². The zero-order valence-corrected chi connectivity index (χ0v) is 15.7. The van der Waals surface area contributed by atoms with Crippen molar-refractivity contribution in [1.29, 1.82) is 0 Å². The summed E-state index contributed by atoms with van der Waals surface area (Å²) in [5.74, 6) is 1.96. The molecule has 2 fully saturated rings. The van der Waals surface area contributed by atoms with E-state index in [9.17, 15) is 0 Å². The first-order valence-corrected chi connectivity index (χ1v) is 9.58. The summed E-state index contributed by atoms with van der Waals surface area (Å²) in [7, 11) is 2.18. The molecule has 26 heavy (non-hydrogen) atoms. The highest BCUT2D eigenvalue weighted by Crippen LogP contribution is 2.29. The molecule has 3 heterocycles. The smallest absolute Gasteiger partial charge is 0.181 e. The molecule has 2 aliphatic rings. The van der Waals surface area contributed by atoms with Crippen LogP contribution in [0.4, 0.5) is 0 Å². The van der Waals surface area contributed by atoms with Crippen LogP contribution in [0.25, 0.3) is 11.4 Å². The van der Waals surface area contributed by atoms with E-state index in [4.69, 9.17) is 19.6 Å². The number of hydrogen-bond acceptors (Lipinski definition) is 5. The molecule has 0 atom stereocenters. The molecule has 6 nitrogen and oxygen atoms in total. The molecule has 4 rings (SSSR count). The molecular formula is C20H28N4O2. The monoisotopic (exact) mass is 356 g/mol. The number of piperidine rings is 1. The number of benzene rings is 1. The van der Waals surface area contributed by atoms with Gasteiger partial charge in [0.25, 0.3) is 0 Å². The zero-order valence-electron chi connectivity index (χ0n) is 15.7. The summed E-state index contributed by atoms with van der Waals surface area (Å²) >= 11 is 0. The topological polar surface area (TPSA) is 52.4 Å². The fourth-order valence-corrected chi connectivity index (χ4v) is 3.71. The third-order valence-electron chi connectivity index (χ3n) is 5.38.